The number of pyridine rings is 1. The number of alkyl halides is 6. The largest absolute Gasteiger partial charge is 0.491 e. The molecule has 0 aromatic carbocycles. The standard InChI is InChI=1S/C17H12F6N6S/c1-3-30-14-11(27-10-6-7-24-15(28(10)14)16(18,19)20)13-26-9-5-4-8(2)25-12(9)29(13)17(21,22)23/h4-7H,3H2,1-2H3. The van der Waals surface area contributed by atoms with Crippen molar-refractivity contribution in [1.82, 2.24) is 28.9 Å². The lowest BCUT2D eigenvalue weighted by atomic mass is 10.3. The molecular weight excluding hydrogens is 434 g/mol. The van der Waals surface area contributed by atoms with Crippen LogP contribution in [-0.2, 0) is 12.5 Å². The lowest BCUT2D eigenvalue weighted by molar-refractivity contribution is -0.200. The van der Waals surface area contributed by atoms with Crippen molar-refractivity contribution < 1.29 is 26.3 Å². The minimum atomic E-state index is -4.92. The Morgan fingerprint density at radius 3 is 2.37 bits per heavy atom. The predicted octanol–water partition coefficient (Wildman–Crippen LogP) is 5.06. The molecule has 158 valence electrons. The van der Waals surface area contributed by atoms with Crippen molar-refractivity contribution in [1.29, 1.82) is 0 Å². The number of hydrogen-bond acceptors (Lipinski definition) is 5. The van der Waals surface area contributed by atoms with E-state index < -0.39 is 29.8 Å². The molecule has 0 aliphatic carbocycles. The molecule has 0 N–H and O–H groups in total. The van der Waals surface area contributed by atoms with Gasteiger partial charge in [-0.2, -0.15) is 13.2 Å². The predicted molar refractivity (Wildman–Crippen MR) is 96.9 cm³/mol. The Morgan fingerprint density at radius 1 is 1.00 bits per heavy atom. The van der Waals surface area contributed by atoms with Gasteiger partial charge in [-0.15, -0.1) is 24.9 Å². The summed E-state index contributed by atoms with van der Waals surface area (Å²) in [4.78, 5) is 15.4. The minimum Gasteiger partial charge on any atom is -0.267 e. The summed E-state index contributed by atoms with van der Waals surface area (Å²) in [6, 6.07) is 4.06. The number of aromatic nitrogens is 6. The van der Waals surface area contributed by atoms with E-state index in [-0.39, 0.29) is 32.2 Å². The molecule has 0 unspecified atom stereocenters. The lowest BCUT2D eigenvalue weighted by Gasteiger charge is -2.12. The zero-order chi connectivity index (χ0) is 21.8. The van der Waals surface area contributed by atoms with E-state index >= 15 is 0 Å². The van der Waals surface area contributed by atoms with Crippen LogP contribution in [0, 0.1) is 6.92 Å². The van der Waals surface area contributed by atoms with E-state index in [2.05, 4.69) is 19.9 Å². The van der Waals surface area contributed by atoms with Crippen LogP contribution in [0.3, 0.4) is 0 Å². The van der Waals surface area contributed by atoms with Crippen LogP contribution in [0.2, 0.25) is 0 Å². The minimum absolute atomic E-state index is 0.0494. The molecule has 0 radical (unpaired) electrons. The van der Waals surface area contributed by atoms with Crippen LogP contribution in [-0.4, -0.2) is 34.7 Å². The van der Waals surface area contributed by atoms with Crippen LogP contribution in [0.1, 0.15) is 18.4 Å². The van der Waals surface area contributed by atoms with Gasteiger partial charge in [-0.25, -0.2) is 24.5 Å². The number of imidazole rings is 2. The van der Waals surface area contributed by atoms with E-state index in [1.165, 1.54) is 25.1 Å². The molecule has 0 bridgehead atoms. The molecule has 4 heterocycles. The SMILES string of the molecule is CCSc1c(-c2nc3ccc(C)nc3n2C(F)(F)F)nc2ccnc(C(F)(F)F)n12. The van der Waals surface area contributed by atoms with Gasteiger partial charge in [0.1, 0.15) is 21.9 Å². The molecule has 4 aromatic rings. The molecule has 4 rings (SSSR count). The molecule has 0 saturated heterocycles. The molecular formula is C17H12F6N6S. The number of thioether (sulfide) groups is 1. The molecule has 0 fully saturated rings. The Labute approximate surface area is 169 Å². The lowest BCUT2D eigenvalue weighted by Crippen LogP contribution is -2.19. The number of nitrogens with zero attached hydrogens (tertiary/aromatic N) is 6. The van der Waals surface area contributed by atoms with Crippen molar-refractivity contribution in [2.45, 2.75) is 31.3 Å². The highest BCUT2D eigenvalue weighted by atomic mass is 32.2. The van der Waals surface area contributed by atoms with Gasteiger partial charge in [0.25, 0.3) is 0 Å². The number of rotatable bonds is 3. The second-order valence-corrected chi connectivity index (χ2v) is 7.45. The smallest absolute Gasteiger partial charge is 0.267 e. The quantitative estimate of drug-likeness (QED) is 0.325. The maximum absolute atomic E-state index is 13.9. The Morgan fingerprint density at radius 2 is 1.73 bits per heavy atom. The maximum atomic E-state index is 13.9. The van der Waals surface area contributed by atoms with Crippen LogP contribution in [0.15, 0.2) is 29.4 Å². The Kier molecular flexibility index (Phi) is 4.67. The highest BCUT2D eigenvalue weighted by Gasteiger charge is 2.40. The Balaban J connectivity index is 2.12. The van der Waals surface area contributed by atoms with Gasteiger partial charge in [-0.05, 0) is 30.9 Å². The van der Waals surface area contributed by atoms with E-state index in [0.29, 0.717) is 10.1 Å². The number of hydrogen-bond donors (Lipinski definition) is 0. The summed E-state index contributed by atoms with van der Waals surface area (Å²) in [5, 5.41) is -0.134. The average Bonchev–Trinajstić information content (AvgIpc) is 3.19. The second kappa shape index (κ2) is 6.86. The second-order valence-electron chi connectivity index (χ2n) is 6.19. The van der Waals surface area contributed by atoms with E-state index in [1.54, 1.807) is 6.92 Å². The van der Waals surface area contributed by atoms with Crippen molar-refractivity contribution >= 4 is 28.6 Å². The fourth-order valence-corrected chi connectivity index (χ4v) is 3.89. The normalized spacial score (nSPS) is 12.9. The van der Waals surface area contributed by atoms with Crippen molar-refractivity contribution in [3.05, 3.63) is 35.9 Å². The summed E-state index contributed by atoms with van der Waals surface area (Å²) in [5.74, 6) is -1.63. The number of halogens is 6. The van der Waals surface area contributed by atoms with E-state index in [0.717, 1.165) is 18.0 Å². The summed E-state index contributed by atoms with van der Waals surface area (Å²) < 4.78 is 82.9. The first kappa shape index (κ1) is 20.4. The molecule has 13 heteroatoms. The van der Waals surface area contributed by atoms with Gasteiger partial charge < -0.3 is 0 Å². The van der Waals surface area contributed by atoms with Gasteiger partial charge in [0, 0.05) is 11.9 Å². The van der Waals surface area contributed by atoms with Gasteiger partial charge in [-0.3, -0.25) is 4.40 Å². The van der Waals surface area contributed by atoms with Gasteiger partial charge in [0.15, 0.2) is 11.5 Å². The number of aryl methyl sites for hydroxylation is 1. The highest BCUT2D eigenvalue weighted by Crippen LogP contribution is 2.40. The van der Waals surface area contributed by atoms with Gasteiger partial charge >= 0.3 is 12.5 Å². The molecule has 0 saturated carbocycles. The summed E-state index contributed by atoms with van der Waals surface area (Å²) in [5.41, 5.74) is -0.675. The first-order valence-electron chi connectivity index (χ1n) is 8.53. The first-order valence-corrected chi connectivity index (χ1v) is 9.52. The van der Waals surface area contributed by atoms with E-state index in [4.69, 9.17) is 0 Å². The highest BCUT2D eigenvalue weighted by molar-refractivity contribution is 7.99. The van der Waals surface area contributed by atoms with Crippen LogP contribution >= 0.6 is 11.8 Å². The van der Waals surface area contributed by atoms with Crippen molar-refractivity contribution in [3.63, 3.8) is 0 Å². The summed E-state index contributed by atoms with van der Waals surface area (Å²) in [6.45, 7) is 3.19. The zero-order valence-electron chi connectivity index (χ0n) is 15.4. The third-order valence-electron chi connectivity index (χ3n) is 4.14. The Hall–Kier alpha value is -2.83. The summed E-state index contributed by atoms with van der Waals surface area (Å²) in [7, 11) is 0. The fourth-order valence-electron chi connectivity index (χ4n) is 3.04. The fraction of sp³-hybridized carbons (Fsp3) is 0.294. The molecule has 0 aliphatic rings. The molecule has 6 nitrogen and oxygen atoms in total. The molecule has 4 aromatic heterocycles. The van der Waals surface area contributed by atoms with E-state index in [9.17, 15) is 26.3 Å². The monoisotopic (exact) mass is 446 g/mol. The van der Waals surface area contributed by atoms with Crippen molar-refractivity contribution in [3.8, 4) is 11.5 Å². The Bertz CT molecular complexity index is 1260. The molecule has 0 atom stereocenters. The molecule has 0 amide bonds. The summed E-state index contributed by atoms with van der Waals surface area (Å²) in [6.07, 6.45) is -8.84. The van der Waals surface area contributed by atoms with Crippen LogP contribution < -0.4 is 0 Å². The van der Waals surface area contributed by atoms with Crippen molar-refractivity contribution in [2.75, 3.05) is 5.75 Å². The van der Waals surface area contributed by atoms with Crippen LogP contribution in [0.5, 0.6) is 0 Å². The third-order valence-corrected chi connectivity index (χ3v) is 5.08. The number of fused-ring (bicyclic) bond motifs is 2. The maximum Gasteiger partial charge on any atom is 0.491 e. The summed E-state index contributed by atoms with van der Waals surface area (Å²) >= 11 is 0.915. The molecule has 0 spiro atoms. The van der Waals surface area contributed by atoms with Gasteiger partial charge in [-0.1, -0.05) is 6.92 Å². The van der Waals surface area contributed by atoms with Gasteiger partial charge in [0.2, 0.25) is 5.82 Å². The van der Waals surface area contributed by atoms with E-state index in [1.807, 2.05) is 0 Å². The van der Waals surface area contributed by atoms with Crippen LogP contribution in [0.4, 0.5) is 26.3 Å². The van der Waals surface area contributed by atoms with Crippen LogP contribution in [0.25, 0.3) is 28.3 Å². The first-order chi connectivity index (χ1) is 14.0. The molecule has 30 heavy (non-hydrogen) atoms. The van der Waals surface area contributed by atoms with Gasteiger partial charge in [0.05, 0.1) is 0 Å². The molecule has 0 aliphatic heterocycles. The topological polar surface area (TPSA) is 60.9 Å². The average molecular weight is 446 g/mol. The zero-order valence-corrected chi connectivity index (χ0v) is 16.2. The van der Waals surface area contributed by atoms with Crippen molar-refractivity contribution in [2.24, 2.45) is 0 Å². The third kappa shape index (κ3) is 3.26.